The summed E-state index contributed by atoms with van der Waals surface area (Å²) in [7, 11) is 1.62. The molecule has 114 valence electrons. The Kier molecular flexibility index (Phi) is 4.08. The third-order valence-electron chi connectivity index (χ3n) is 3.24. The SMILES string of the molecule is COCc1cc(Oc2cc(Br)c(C)cc2C)n2ncnc2n1. The summed E-state index contributed by atoms with van der Waals surface area (Å²) in [6, 6.07) is 5.82. The molecule has 6 nitrogen and oxygen atoms in total. The number of aromatic nitrogens is 4. The summed E-state index contributed by atoms with van der Waals surface area (Å²) in [5, 5.41) is 4.15. The van der Waals surface area contributed by atoms with Gasteiger partial charge in [-0.25, -0.2) is 4.98 Å². The van der Waals surface area contributed by atoms with E-state index in [1.807, 2.05) is 19.9 Å². The highest BCUT2D eigenvalue weighted by Gasteiger charge is 2.12. The summed E-state index contributed by atoms with van der Waals surface area (Å²) >= 11 is 3.53. The largest absolute Gasteiger partial charge is 0.438 e. The van der Waals surface area contributed by atoms with Gasteiger partial charge in [-0.2, -0.15) is 14.6 Å². The molecule has 1 aromatic carbocycles. The summed E-state index contributed by atoms with van der Waals surface area (Å²) in [6.45, 7) is 4.43. The first-order valence-corrected chi connectivity index (χ1v) is 7.51. The van der Waals surface area contributed by atoms with Crippen LogP contribution >= 0.6 is 15.9 Å². The standard InChI is InChI=1S/C15H15BrN4O2/c1-9-4-10(2)13(6-12(9)16)22-14-5-11(7-21-3)19-15-17-8-18-20(14)15/h4-6,8H,7H2,1-3H3. The molecule has 0 unspecified atom stereocenters. The average Bonchev–Trinajstić information content (AvgIpc) is 2.93. The molecule has 2 aromatic heterocycles. The Morgan fingerprint density at radius 3 is 2.77 bits per heavy atom. The highest BCUT2D eigenvalue weighted by Crippen LogP contribution is 2.30. The van der Waals surface area contributed by atoms with Crippen molar-refractivity contribution >= 4 is 21.7 Å². The van der Waals surface area contributed by atoms with Crippen LogP contribution in [-0.4, -0.2) is 26.7 Å². The van der Waals surface area contributed by atoms with Gasteiger partial charge in [-0.3, -0.25) is 0 Å². The van der Waals surface area contributed by atoms with Gasteiger partial charge in [-0.1, -0.05) is 22.0 Å². The number of aryl methyl sites for hydroxylation is 2. The lowest BCUT2D eigenvalue weighted by Gasteiger charge is -2.12. The maximum Gasteiger partial charge on any atom is 0.255 e. The van der Waals surface area contributed by atoms with E-state index in [-0.39, 0.29) is 0 Å². The van der Waals surface area contributed by atoms with Crippen molar-refractivity contribution in [3.8, 4) is 11.6 Å². The molecule has 0 radical (unpaired) electrons. The predicted molar refractivity (Wildman–Crippen MR) is 85.2 cm³/mol. The van der Waals surface area contributed by atoms with E-state index in [1.54, 1.807) is 17.7 Å². The maximum absolute atomic E-state index is 6.04. The number of methoxy groups -OCH3 is 1. The zero-order valence-electron chi connectivity index (χ0n) is 12.5. The van der Waals surface area contributed by atoms with Crippen LogP contribution in [0.15, 0.2) is 29.0 Å². The van der Waals surface area contributed by atoms with E-state index in [1.165, 1.54) is 6.33 Å². The molecular weight excluding hydrogens is 348 g/mol. The van der Waals surface area contributed by atoms with E-state index < -0.39 is 0 Å². The summed E-state index contributed by atoms with van der Waals surface area (Å²) in [5.41, 5.74) is 2.94. The molecule has 0 aliphatic rings. The fraction of sp³-hybridized carbons (Fsp3) is 0.267. The summed E-state index contributed by atoms with van der Waals surface area (Å²) in [6.07, 6.45) is 1.45. The minimum absolute atomic E-state index is 0.385. The number of rotatable bonds is 4. The Morgan fingerprint density at radius 2 is 2.00 bits per heavy atom. The minimum atomic E-state index is 0.385. The van der Waals surface area contributed by atoms with E-state index in [0.29, 0.717) is 18.3 Å². The van der Waals surface area contributed by atoms with Crippen LogP contribution in [0.4, 0.5) is 0 Å². The van der Waals surface area contributed by atoms with Crippen molar-refractivity contribution in [3.05, 3.63) is 45.8 Å². The number of benzene rings is 1. The Morgan fingerprint density at radius 1 is 1.18 bits per heavy atom. The van der Waals surface area contributed by atoms with Crippen LogP contribution in [0.1, 0.15) is 16.8 Å². The lowest BCUT2D eigenvalue weighted by molar-refractivity contribution is 0.181. The van der Waals surface area contributed by atoms with Crippen LogP contribution in [0.5, 0.6) is 11.6 Å². The predicted octanol–water partition coefficient (Wildman–Crippen LogP) is 3.44. The van der Waals surface area contributed by atoms with Crippen LogP contribution in [0, 0.1) is 13.8 Å². The topological polar surface area (TPSA) is 61.5 Å². The second-order valence-electron chi connectivity index (χ2n) is 4.96. The van der Waals surface area contributed by atoms with E-state index in [4.69, 9.17) is 9.47 Å². The third kappa shape index (κ3) is 2.82. The van der Waals surface area contributed by atoms with Crippen LogP contribution in [-0.2, 0) is 11.3 Å². The van der Waals surface area contributed by atoms with E-state index in [0.717, 1.165) is 27.0 Å². The Labute approximate surface area is 136 Å². The zero-order valence-corrected chi connectivity index (χ0v) is 14.1. The van der Waals surface area contributed by atoms with Gasteiger partial charge in [0.1, 0.15) is 12.1 Å². The molecule has 7 heteroatoms. The molecule has 0 bridgehead atoms. The summed E-state index contributed by atoms with van der Waals surface area (Å²) < 4.78 is 13.7. The zero-order chi connectivity index (χ0) is 15.7. The number of nitrogens with zero attached hydrogens (tertiary/aromatic N) is 4. The summed E-state index contributed by atoms with van der Waals surface area (Å²) in [5.74, 6) is 1.78. The van der Waals surface area contributed by atoms with Crippen molar-refractivity contribution in [2.45, 2.75) is 20.5 Å². The molecule has 0 aliphatic heterocycles. The van der Waals surface area contributed by atoms with Crippen LogP contribution < -0.4 is 4.74 Å². The average molecular weight is 363 g/mol. The molecule has 0 fully saturated rings. The van der Waals surface area contributed by atoms with Gasteiger partial charge in [0.2, 0.25) is 5.88 Å². The first-order chi connectivity index (χ1) is 10.6. The number of ether oxygens (including phenoxy) is 2. The number of fused-ring (bicyclic) bond motifs is 1. The minimum Gasteiger partial charge on any atom is -0.438 e. The van der Waals surface area contributed by atoms with Gasteiger partial charge in [0.05, 0.1) is 12.3 Å². The van der Waals surface area contributed by atoms with Crippen LogP contribution in [0.3, 0.4) is 0 Å². The van der Waals surface area contributed by atoms with Crippen molar-refractivity contribution in [1.29, 1.82) is 0 Å². The maximum atomic E-state index is 6.04. The first-order valence-electron chi connectivity index (χ1n) is 6.71. The van der Waals surface area contributed by atoms with Gasteiger partial charge in [0, 0.05) is 17.6 Å². The normalized spacial score (nSPS) is 11.1. The first kappa shape index (κ1) is 14.9. The van der Waals surface area contributed by atoms with Gasteiger partial charge < -0.3 is 9.47 Å². The number of hydrogen-bond acceptors (Lipinski definition) is 5. The summed E-state index contributed by atoms with van der Waals surface area (Å²) in [4.78, 5) is 8.47. The molecule has 0 saturated heterocycles. The quantitative estimate of drug-likeness (QED) is 0.711. The van der Waals surface area contributed by atoms with Crippen molar-refractivity contribution < 1.29 is 9.47 Å². The van der Waals surface area contributed by atoms with Gasteiger partial charge >= 0.3 is 0 Å². The second kappa shape index (κ2) is 6.02. The second-order valence-corrected chi connectivity index (χ2v) is 5.81. The van der Waals surface area contributed by atoms with Gasteiger partial charge in [0.15, 0.2) is 0 Å². The Hall–Kier alpha value is -1.99. The fourth-order valence-electron chi connectivity index (χ4n) is 2.16. The van der Waals surface area contributed by atoms with Crippen molar-refractivity contribution in [1.82, 2.24) is 19.6 Å². The van der Waals surface area contributed by atoms with Crippen molar-refractivity contribution in [2.24, 2.45) is 0 Å². The van der Waals surface area contributed by atoms with E-state index in [2.05, 4.69) is 37.1 Å². The molecule has 0 saturated carbocycles. The van der Waals surface area contributed by atoms with E-state index in [9.17, 15) is 0 Å². The van der Waals surface area contributed by atoms with E-state index >= 15 is 0 Å². The smallest absolute Gasteiger partial charge is 0.255 e. The molecule has 0 atom stereocenters. The molecule has 3 rings (SSSR count). The highest BCUT2D eigenvalue weighted by molar-refractivity contribution is 9.10. The van der Waals surface area contributed by atoms with Crippen LogP contribution in [0.2, 0.25) is 0 Å². The number of hydrogen-bond donors (Lipinski definition) is 0. The molecular formula is C15H15BrN4O2. The molecule has 2 heterocycles. The molecule has 22 heavy (non-hydrogen) atoms. The molecule has 0 aliphatic carbocycles. The lowest BCUT2D eigenvalue weighted by Crippen LogP contribution is -2.02. The highest BCUT2D eigenvalue weighted by atomic mass is 79.9. The van der Waals surface area contributed by atoms with Crippen LogP contribution in [0.25, 0.3) is 5.78 Å². The van der Waals surface area contributed by atoms with Gasteiger partial charge in [0.25, 0.3) is 5.78 Å². The third-order valence-corrected chi connectivity index (χ3v) is 4.09. The Balaban J connectivity index is 2.06. The van der Waals surface area contributed by atoms with Crippen molar-refractivity contribution in [2.75, 3.05) is 7.11 Å². The van der Waals surface area contributed by atoms with Crippen molar-refractivity contribution in [3.63, 3.8) is 0 Å². The van der Waals surface area contributed by atoms with Gasteiger partial charge in [-0.15, -0.1) is 0 Å². The monoisotopic (exact) mass is 362 g/mol. The fourth-order valence-corrected chi connectivity index (χ4v) is 2.48. The molecule has 0 N–H and O–H groups in total. The Bertz CT molecular complexity index is 832. The molecule has 0 spiro atoms. The number of halogens is 1. The lowest BCUT2D eigenvalue weighted by atomic mass is 10.1. The molecule has 3 aromatic rings. The van der Waals surface area contributed by atoms with Gasteiger partial charge in [-0.05, 0) is 31.0 Å². The molecule has 0 amide bonds.